The number of nitrogens with two attached hydrogens (primary N) is 1. The predicted octanol–water partition coefficient (Wildman–Crippen LogP) is 5.21. The van der Waals surface area contributed by atoms with E-state index in [9.17, 15) is 0 Å². The van der Waals surface area contributed by atoms with Gasteiger partial charge in [0.05, 0.1) is 0 Å². The molecule has 1 saturated carbocycles. The molecule has 100 valence electrons. The highest BCUT2D eigenvalue weighted by Gasteiger charge is 2.31. The molecule has 1 unspecified atom stereocenters. The van der Waals surface area contributed by atoms with Gasteiger partial charge in [0.1, 0.15) is 0 Å². The molecule has 1 aromatic rings. The monoisotopic (exact) mass is 285 g/mol. The molecule has 0 radical (unpaired) electrons. The SMILES string of the molecule is CC1(C)CCC(C(N)c2cc(Cl)ccc2Cl)CC1. The van der Waals surface area contributed by atoms with Gasteiger partial charge < -0.3 is 5.73 Å². The van der Waals surface area contributed by atoms with Crippen molar-refractivity contribution < 1.29 is 0 Å². The van der Waals surface area contributed by atoms with Crippen LogP contribution in [-0.2, 0) is 0 Å². The van der Waals surface area contributed by atoms with Crippen molar-refractivity contribution in [3.8, 4) is 0 Å². The fourth-order valence-corrected chi connectivity index (χ4v) is 3.23. The van der Waals surface area contributed by atoms with Crippen LogP contribution in [0.1, 0.15) is 51.1 Å². The Kier molecular flexibility index (Phi) is 4.25. The van der Waals surface area contributed by atoms with Gasteiger partial charge in [-0.05, 0) is 60.8 Å². The molecule has 0 aliphatic heterocycles. The number of hydrogen-bond acceptors (Lipinski definition) is 1. The molecular weight excluding hydrogens is 265 g/mol. The first-order chi connectivity index (χ1) is 8.39. The van der Waals surface area contributed by atoms with Gasteiger partial charge in [-0.3, -0.25) is 0 Å². The van der Waals surface area contributed by atoms with Crippen LogP contribution in [0.2, 0.25) is 10.0 Å². The summed E-state index contributed by atoms with van der Waals surface area (Å²) in [7, 11) is 0. The molecule has 1 aromatic carbocycles. The Bertz CT molecular complexity index is 419. The van der Waals surface area contributed by atoms with Crippen LogP contribution in [-0.4, -0.2) is 0 Å². The van der Waals surface area contributed by atoms with Crippen LogP contribution in [0.3, 0.4) is 0 Å². The van der Waals surface area contributed by atoms with Gasteiger partial charge in [-0.25, -0.2) is 0 Å². The molecule has 2 N–H and O–H groups in total. The van der Waals surface area contributed by atoms with Crippen LogP contribution in [0.15, 0.2) is 18.2 Å². The van der Waals surface area contributed by atoms with E-state index in [0.717, 1.165) is 10.6 Å². The maximum absolute atomic E-state index is 6.38. The highest BCUT2D eigenvalue weighted by molar-refractivity contribution is 6.33. The molecule has 0 aromatic heterocycles. The molecule has 1 aliphatic rings. The molecule has 1 nitrogen and oxygen atoms in total. The predicted molar refractivity (Wildman–Crippen MR) is 79.1 cm³/mol. The Morgan fingerprint density at radius 1 is 1.22 bits per heavy atom. The van der Waals surface area contributed by atoms with Crippen LogP contribution in [0.25, 0.3) is 0 Å². The van der Waals surface area contributed by atoms with Gasteiger partial charge >= 0.3 is 0 Å². The summed E-state index contributed by atoms with van der Waals surface area (Å²) in [6.07, 6.45) is 4.83. The summed E-state index contributed by atoms with van der Waals surface area (Å²) in [5.41, 5.74) is 7.85. The lowest BCUT2D eigenvalue weighted by Gasteiger charge is -2.37. The van der Waals surface area contributed by atoms with E-state index in [2.05, 4.69) is 13.8 Å². The standard InChI is InChI=1S/C15H21Cl2N/c1-15(2)7-5-10(6-8-15)14(18)12-9-11(16)3-4-13(12)17/h3-4,9-10,14H,5-8,18H2,1-2H3. The first-order valence-corrected chi connectivity index (χ1v) is 7.35. The van der Waals surface area contributed by atoms with E-state index in [1.54, 1.807) is 0 Å². The Hall–Kier alpha value is -0.240. The topological polar surface area (TPSA) is 26.0 Å². The second-order valence-electron chi connectivity index (χ2n) is 6.19. The summed E-state index contributed by atoms with van der Waals surface area (Å²) in [5.74, 6) is 0.522. The quantitative estimate of drug-likeness (QED) is 0.793. The molecule has 0 heterocycles. The van der Waals surface area contributed by atoms with Crippen molar-refractivity contribution in [3.63, 3.8) is 0 Å². The first kappa shape index (κ1) is 14.2. The summed E-state index contributed by atoms with van der Waals surface area (Å²) >= 11 is 12.3. The van der Waals surface area contributed by atoms with Crippen LogP contribution in [0.4, 0.5) is 0 Å². The highest BCUT2D eigenvalue weighted by atomic mass is 35.5. The zero-order chi connectivity index (χ0) is 13.3. The summed E-state index contributed by atoms with van der Waals surface area (Å²) in [6, 6.07) is 5.57. The van der Waals surface area contributed by atoms with Gasteiger partial charge in [0.2, 0.25) is 0 Å². The molecule has 0 saturated heterocycles. The maximum Gasteiger partial charge on any atom is 0.0454 e. The largest absolute Gasteiger partial charge is 0.324 e. The van der Waals surface area contributed by atoms with E-state index in [4.69, 9.17) is 28.9 Å². The fourth-order valence-electron chi connectivity index (χ4n) is 2.80. The lowest BCUT2D eigenvalue weighted by molar-refractivity contribution is 0.173. The van der Waals surface area contributed by atoms with E-state index in [-0.39, 0.29) is 6.04 Å². The van der Waals surface area contributed by atoms with Crippen molar-refractivity contribution >= 4 is 23.2 Å². The third kappa shape index (κ3) is 3.20. The van der Waals surface area contributed by atoms with Gasteiger partial charge in [-0.2, -0.15) is 0 Å². The van der Waals surface area contributed by atoms with Crippen molar-refractivity contribution in [2.75, 3.05) is 0 Å². The number of rotatable bonds is 2. The van der Waals surface area contributed by atoms with E-state index >= 15 is 0 Å². The van der Waals surface area contributed by atoms with Crippen LogP contribution >= 0.6 is 23.2 Å². The van der Waals surface area contributed by atoms with E-state index < -0.39 is 0 Å². The maximum atomic E-state index is 6.38. The second kappa shape index (κ2) is 5.40. The van der Waals surface area contributed by atoms with E-state index in [0.29, 0.717) is 16.4 Å². The minimum absolute atomic E-state index is 0.00676. The molecule has 2 rings (SSSR count). The van der Waals surface area contributed by atoms with E-state index in [1.165, 1.54) is 25.7 Å². The molecule has 18 heavy (non-hydrogen) atoms. The van der Waals surface area contributed by atoms with Crippen molar-refractivity contribution in [1.82, 2.24) is 0 Å². The Balaban J connectivity index is 2.12. The summed E-state index contributed by atoms with van der Waals surface area (Å²) in [6.45, 7) is 4.67. The minimum atomic E-state index is 0.00676. The highest BCUT2D eigenvalue weighted by Crippen LogP contribution is 2.43. The molecule has 0 amide bonds. The van der Waals surface area contributed by atoms with Gasteiger partial charge in [0, 0.05) is 16.1 Å². The lowest BCUT2D eigenvalue weighted by atomic mass is 9.70. The molecule has 0 spiro atoms. The Morgan fingerprint density at radius 2 is 1.83 bits per heavy atom. The Morgan fingerprint density at radius 3 is 2.44 bits per heavy atom. The zero-order valence-corrected chi connectivity index (χ0v) is 12.6. The first-order valence-electron chi connectivity index (χ1n) is 6.59. The van der Waals surface area contributed by atoms with Crippen LogP contribution < -0.4 is 5.73 Å². The number of benzene rings is 1. The lowest BCUT2D eigenvalue weighted by Crippen LogP contribution is -2.29. The van der Waals surface area contributed by atoms with Gasteiger partial charge in [-0.15, -0.1) is 0 Å². The smallest absolute Gasteiger partial charge is 0.0454 e. The van der Waals surface area contributed by atoms with Gasteiger partial charge in [-0.1, -0.05) is 37.0 Å². The normalized spacial score (nSPS) is 21.8. The second-order valence-corrected chi connectivity index (χ2v) is 7.04. The molecular formula is C15H21Cl2N. The summed E-state index contributed by atoms with van der Waals surface area (Å²) in [5, 5.41) is 1.44. The molecule has 3 heteroatoms. The zero-order valence-electron chi connectivity index (χ0n) is 11.0. The third-order valence-electron chi connectivity index (χ3n) is 4.21. The van der Waals surface area contributed by atoms with Crippen molar-refractivity contribution in [2.24, 2.45) is 17.1 Å². The minimum Gasteiger partial charge on any atom is -0.324 e. The average Bonchev–Trinajstić information content (AvgIpc) is 2.31. The molecule has 0 bridgehead atoms. The summed E-state index contributed by atoms with van der Waals surface area (Å²) < 4.78 is 0. The van der Waals surface area contributed by atoms with Crippen LogP contribution in [0, 0.1) is 11.3 Å². The van der Waals surface area contributed by atoms with Gasteiger partial charge in [0.25, 0.3) is 0 Å². The third-order valence-corrected chi connectivity index (χ3v) is 4.79. The average molecular weight is 286 g/mol. The van der Waals surface area contributed by atoms with Crippen molar-refractivity contribution in [1.29, 1.82) is 0 Å². The van der Waals surface area contributed by atoms with Crippen LogP contribution in [0.5, 0.6) is 0 Å². The summed E-state index contributed by atoms with van der Waals surface area (Å²) in [4.78, 5) is 0. The molecule has 1 aliphatic carbocycles. The van der Waals surface area contributed by atoms with Crippen molar-refractivity contribution in [2.45, 2.75) is 45.6 Å². The fraction of sp³-hybridized carbons (Fsp3) is 0.600. The molecule has 1 fully saturated rings. The number of hydrogen-bond donors (Lipinski definition) is 1. The van der Waals surface area contributed by atoms with Crippen molar-refractivity contribution in [3.05, 3.63) is 33.8 Å². The van der Waals surface area contributed by atoms with Gasteiger partial charge in [0.15, 0.2) is 0 Å². The van der Waals surface area contributed by atoms with E-state index in [1.807, 2.05) is 18.2 Å². The Labute approximate surface area is 120 Å². The number of halogens is 2. The molecule has 1 atom stereocenters.